The molecule has 5 nitrogen and oxygen atoms in total. The molecule has 2 aromatic carbocycles. The van der Waals surface area contributed by atoms with Gasteiger partial charge in [-0.15, -0.1) is 5.11 Å². The zero-order chi connectivity index (χ0) is 22.7. The van der Waals surface area contributed by atoms with Crippen molar-refractivity contribution in [2.24, 2.45) is 10.2 Å². The molecule has 160 valence electrons. The third-order valence-electron chi connectivity index (χ3n) is 3.27. The zero-order valence-electron chi connectivity index (χ0n) is 14.3. The average Bonchev–Trinajstić information content (AvgIpc) is 2.59. The van der Waals surface area contributed by atoms with Crippen LogP contribution in [0.15, 0.2) is 64.1 Å². The van der Waals surface area contributed by atoms with Crippen molar-refractivity contribution in [3.05, 3.63) is 69.5 Å². The molecule has 0 aliphatic carbocycles. The van der Waals surface area contributed by atoms with Gasteiger partial charge in [-0.1, -0.05) is 29.3 Å². The number of hydrogen-bond acceptors (Lipinski definition) is 4. The van der Waals surface area contributed by atoms with E-state index >= 15 is 0 Å². The van der Waals surface area contributed by atoms with Crippen LogP contribution in [0.4, 0.5) is 37.7 Å². The summed E-state index contributed by atoms with van der Waals surface area (Å²) >= 11 is 11.5. The number of nitrogens with one attached hydrogen (secondary N) is 1. The molecule has 0 aromatic heterocycles. The van der Waals surface area contributed by atoms with Crippen LogP contribution in [-0.2, 0) is 11.0 Å². The molecular weight excluding hydrogens is 463 g/mol. The standard InChI is InChI=1S/C17H9Cl2F6N3O2/c18-9-5-10(19)7-12(6-9)26-15(30)13(14(29)17(23,24)25)28-27-11-3-1-2-8(4-11)16(20,21)22/h1-7,29H,(H,26,30)/b14-13-,28-27?. The molecule has 2 rings (SSSR count). The van der Waals surface area contributed by atoms with E-state index in [0.717, 1.165) is 24.3 Å². The van der Waals surface area contributed by atoms with Crippen LogP contribution in [0.1, 0.15) is 5.56 Å². The van der Waals surface area contributed by atoms with Crippen LogP contribution in [0.2, 0.25) is 10.0 Å². The number of halogens is 8. The van der Waals surface area contributed by atoms with Gasteiger partial charge in [-0.05, 0) is 36.4 Å². The second-order valence-corrected chi connectivity index (χ2v) is 6.43. The molecule has 0 spiro atoms. The second-order valence-electron chi connectivity index (χ2n) is 5.56. The first-order valence-corrected chi connectivity index (χ1v) is 8.40. The molecule has 13 heteroatoms. The molecule has 0 atom stereocenters. The third kappa shape index (κ3) is 6.36. The lowest BCUT2D eigenvalue weighted by atomic mass is 10.2. The maximum Gasteiger partial charge on any atom is 0.451 e. The van der Waals surface area contributed by atoms with Crippen LogP contribution in [-0.4, -0.2) is 17.2 Å². The van der Waals surface area contributed by atoms with E-state index < -0.39 is 41.0 Å². The highest BCUT2D eigenvalue weighted by molar-refractivity contribution is 6.35. The molecular formula is C17H9Cl2F6N3O2. The number of allylic oxidation sites excluding steroid dienone is 1. The van der Waals surface area contributed by atoms with Crippen molar-refractivity contribution in [2.45, 2.75) is 12.4 Å². The third-order valence-corrected chi connectivity index (χ3v) is 3.70. The van der Waals surface area contributed by atoms with Crippen molar-refractivity contribution in [1.29, 1.82) is 0 Å². The average molecular weight is 472 g/mol. The van der Waals surface area contributed by atoms with E-state index in [1.54, 1.807) is 0 Å². The van der Waals surface area contributed by atoms with Crippen LogP contribution < -0.4 is 5.32 Å². The predicted octanol–water partition coefficient (Wildman–Crippen LogP) is 7.07. The first-order chi connectivity index (χ1) is 13.8. The molecule has 0 aliphatic heterocycles. The number of anilines is 1. The second kappa shape index (κ2) is 8.92. The number of rotatable bonds is 4. The Morgan fingerprint density at radius 2 is 1.57 bits per heavy atom. The zero-order valence-corrected chi connectivity index (χ0v) is 15.8. The minimum absolute atomic E-state index is 0.0500. The first kappa shape index (κ1) is 23.5. The molecule has 2 N–H and O–H groups in total. The molecule has 0 bridgehead atoms. The molecule has 0 aliphatic rings. The summed E-state index contributed by atoms with van der Waals surface area (Å²) < 4.78 is 76.9. The Morgan fingerprint density at radius 3 is 2.10 bits per heavy atom. The largest absolute Gasteiger partial charge is 0.503 e. The SMILES string of the molecule is O=C(Nc1cc(Cl)cc(Cl)c1)/C(N=Nc1cccc(C(F)(F)F)c1)=C(/O)C(F)(F)F. The van der Waals surface area contributed by atoms with Crippen molar-refractivity contribution in [3.8, 4) is 0 Å². The number of benzene rings is 2. The quantitative estimate of drug-likeness (QED) is 0.216. The number of azo groups is 1. The fraction of sp³-hybridized carbons (Fsp3) is 0.118. The number of amides is 1. The van der Waals surface area contributed by atoms with Gasteiger partial charge >= 0.3 is 12.4 Å². The number of carbonyl (C=O) groups excluding carboxylic acids is 1. The van der Waals surface area contributed by atoms with E-state index in [1.165, 1.54) is 6.07 Å². The number of nitrogens with zero attached hydrogens (tertiary/aromatic N) is 2. The normalized spacial score (nSPS) is 13.3. The molecule has 0 radical (unpaired) electrons. The maximum atomic E-state index is 12.9. The maximum absolute atomic E-state index is 12.9. The Morgan fingerprint density at radius 1 is 0.967 bits per heavy atom. The Balaban J connectivity index is 2.42. The fourth-order valence-corrected chi connectivity index (χ4v) is 2.53. The topological polar surface area (TPSA) is 74.0 Å². The van der Waals surface area contributed by atoms with Crippen LogP contribution in [0.5, 0.6) is 0 Å². The molecule has 0 unspecified atom stereocenters. The number of carbonyl (C=O) groups is 1. The Kier molecular flexibility index (Phi) is 6.99. The van der Waals surface area contributed by atoms with Gasteiger partial charge in [0.2, 0.25) is 5.76 Å². The van der Waals surface area contributed by atoms with Crippen molar-refractivity contribution in [3.63, 3.8) is 0 Å². The number of alkyl halides is 6. The van der Waals surface area contributed by atoms with Crippen molar-refractivity contribution in [2.75, 3.05) is 5.32 Å². The summed E-state index contributed by atoms with van der Waals surface area (Å²) in [5.74, 6) is -3.96. The van der Waals surface area contributed by atoms with Gasteiger partial charge in [0.15, 0.2) is 5.70 Å². The summed E-state index contributed by atoms with van der Waals surface area (Å²) in [4.78, 5) is 12.2. The van der Waals surface area contributed by atoms with Gasteiger partial charge in [0.1, 0.15) is 0 Å². The molecule has 1 amide bonds. The number of aliphatic hydroxyl groups is 1. The van der Waals surface area contributed by atoms with Crippen LogP contribution in [0.25, 0.3) is 0 Å². The van der Waals surface area contributed by atoms with Gasteiger partial charge in [0.05, 0.1) is 11.3 Å². The summed E-state index contributed by atoms with van der Waals surface area (Å²) in [6, 6.07) is 6.75. The van der Waals surface area contributed by atoms with Crippen LogP contribution in [0.3, 0.4) is 0 Å². The van der Waals surface area contributed by atoms with Crippen molar-refractivity contribution >= 4 is 40.5 Å². The van der Waals surface area contributed by atoms with E-state index in [4.69, 9.17) is 23.2 Å². The number of hydrogen-bond donors (Lipinski definition) is 2. The summed E-state index contributed by atoms with van der Waals surface area (Å²) in [6.45, 7) is 0. The van der Waals surface area contributed by atoms with E-state index in [-0.39, 0.29) is 15.7 Å². The Labute approximate surface area is 174 Å². The summed E-state index contributed by atoms with van der Waals surface area (Å²) in [7, 11) is 0. The number of aliphatic hydroxyl groups excluding tert-OH is 1. The van der Waals surface area contributed by atoms with Crippen LogP contribution in [0, 0.1) is 0 Å². The smallest absolute Gasteiger partial charge is 0.451 e. The minimum Gasteiger partial charge on any atom is -0.503 e. The highest BCUT2D eigenvalue weighted by Gasteiger charge is 2.39. The lowest BCUT2D eigenvalue weighted by molar-refractivity contribution is -0.137. The molecule has 30 heavy (non-hydrogen) atoms. The molecule has 0 saturated carbocycles. The molecule has 0 saturated heterocycles. The van der Waals surface area contributed by atoms with Gasteiger partial charge in [0, 0.05) is 15.7 Å². The lowest BCUT2D eigenvalue weighted by Gasteiger charge is -2.10. The van der Waals surface area contributed by atoms with Gasteiger partial charge < -0.3 is 10.4 Å². The summed E-state index contributed by atoms with van der Waals surface area (Å²) in [6.07, 6.45) is -10.1. The Bertz CT molecular complexity index is 999. The monoisotopic (exact) mass is 471 g/mol. The molecule has 2 aromatic rings. The fourth-order valence-electron chi connectivity index (χ4n) is 2.00. The molecule has 0 heterocycles. The van der Waals surface area contributed by atoms with Gasteiger partial charge in [-0.3, -0.25) is 4.79 Å². The van der Waals surface area contributed by atoms with Crippen molar-refractivity contribution < 1.29 is 36.2 Å². The van der Waals surface area contributed by atoms with E-state index in [2.05, 4.69) is 10.2 Å². The predicted molar refractivity (Wildman–Crippen MR) is 96.8 cm³/mol. The Hall–Kier alpha value is -2.79. The molecule has 0 fully saturated rings. The summed E-state index contributed by atoms with van der Waals surface area (Å²) in [5, 5.41) is 17.7. The highest BCUT2D eigenvalue weighted by atomic mass is 35.5. The van der Waals surface area contributed by atoms with E-state index in [1.807, 2.05) is 5.32 Å². The lowest BCUT2D eigenvalue weighted by Crippen LogP contribution is -2.21. The highest BCUT2D eigenvalue weighted by Crippen LogP contribution is 2.32. The van der Waals surface area contributed by atoms with Gasteiger partial charge in [-0.2, -0.15) is 31.5 Å². The van der Waals surface area contributed by atoms with E-state index in [0.29, 0.717) is 12.1 Å². The first-order valence-electron chi connectivity index (χ1n) is 7.64. The van der Waals surface area contributed by atoms with Gasteiger partial charge in [-0.25, -0.2) is 0 Å². The van der Waals surface area contributed by atoms with E-state index in [9.17, 15) is 36.2 Å². The van der Waals surface area contributed by atoms with Crippen molar-refractivity contribution in [1.82, 2.24) is 0 Å². The van der Waals surface area contributed by atoms with Gasteiger partial charge in [0.25, 0.3) is 5.91 Å². The summed E-state index contributed by atoms with van der Waals surface area (Å²) in [5.41, 5.74) is -3.35. The minimum atomic E-state index is -5.38. The van der Waals surface area contributed by atoms with Crippen LogP contribution >= 0.6 is 23.2 Å².